The van der Waals surface area contributed by atoms with Gasteiger partial charge in [0.05, 0.1) is 52.3 Å². The normalized spacial score (nSPS) is 10.7. The van der Waals surface area contributed by atoms with Crippen LogP contribution in [0.1, 0.15) is 48.5 Å². The second kappa shape index (κ2) is 34.6. The van der Waals surface area contributed by atoms with E-state index in [-0.39, 0.29) is 39.6 Å². The number of H-pyrrole nitrogens is 3. The number of benzene rings is 6. The Labute approximate surface area is 595 Å². The zero-order chi connectivity index (χ0) is 70.0. The van der Waals surface area contributed by atoms with Crippen LogP contribution >= 0.6 is 80.7 Å². The molecule has 8 heterocycles. The molecule has 0 fully saturated rings. The second-order valence-electron chi connectivity index (χ2n) is 20.8. The summed E-state index contributed by atoms with van der Waals surface area (Å²) in [6, 6.07) is 39.7. The summed E-state index contributed by atoms with van der Waals surface area (Å²) in [7, 11) is -1.39. The van der Waals surface area contributed by atoms with E-state index in [4.69, 9.17) is 83.8 Å². The molecule has 0 aliphatic carbocycles. The van der Waals surface area contributed by atoms with Crippen LogP contribution in [0.5, 0.6) is 0 Å². The van der Waals surface area contributed by atoms with Gasteiger partial charge >= 0.3 is 7.12 Å². The first-order valence-corrected chi connectivity index (χ1v) is 33.2. The van der Waals surface area contributed by atoms with Crippen molar-refractivity contribution in [1.29, 1.82) is 0 Å². The largest absolute Gasteiger partial charge is 0.499 e. The quantitative estimate of drug-likeness (QED) is 0.0329. The third kappa shape index (κ3) is 19.9. The Morgan fingerprint density at radius 1 is 0.455 bits per heavy atom. The molecule has 0 bridgehead atoms. The van der Waals surface area contributed by atoms with Crippen molar-refractivity contribution in [3.63, 3.8) is 0 Å². The molecule has 0 saturated heterocycles. The summed E-state index contributed by atoms with van der Waals surface area (Å²) in [4.78, 5) is 85.3. The first-order chi connectivity index (χ1) is 47.8. The molecule has 6 aromatic carbocycles. The first-order valence-electron chi connectivity index (χ1n) is 29.7. The summed E-state index contributed by atoms with van der Waals surface area (Å²) in [5, 5.41) is 22.6. The van der Waals surface area contributed by atoms with Crippen LogP contribution in [0.25, 0.3) is 77.4 Å². The third-order valence-corrected chi connectivity index (χ3v) is 17.3. The molecule has 20 nitrogen and oxygen atoms in total. The number of fused-ring (bicyclic) bond motifs is 3. The summed E-state index contributed by atoms with van der Waals surface area (Å²) < 4.78 is 41.2. The van der Waals surface area contributed by atoms with Crippen molar-refractivity contribution in [1.82, 2.24) is 70.4 Å². The Kier molecular flexibility index (Phi) is 25.1. The van der Waals surface area contributed by atoms with Gasteiger partial charge in [-0.3, -0.25) is 14.4 Å². The van der Waals surface area contributed by atoms with Gasteiger partial charge in [0, 0.05) is 108 Å². The number of rotatable bonds is 16. The molecule has 0 radical (unpaired) electrons. The summed E-state index contributed by atoms with van der Waals surface area (Å²) in [6.07, 6.45) is 12.4. The molecule has 31 heteroatoms. The highest BCUT2D eigenvalue weighted by Gasteiger charge is 2.19. The van der Waals surface area contributed by atoms with Crippen LogP contribution < -0.4 is 21.1 Å². The molecule has 99 heavy (non-hydrogen) atoms. The Morgan fingerprint density at radius 3 is 1.21 bits per heavy atom. The van der Waals surface area contributed by atoms with Crippen LogP contribution in [-0.4, -0.2) is 114 Å². The molecule has 500 valence electrons. The van der Waals surface area contributed by atoms with Crippen molar-refractivity contribution in [2.24, 2.45) is 5.73 Å². The lowest BCUT2D eigenvalue weighted by atomic mass is 9.90. The minimum absolute atomic E-state index is 0.174. The van der Waals surface area contributed by atoms with Gasteiger partial charge in [0.1, 0.15) is 52.0 Å². The van der Waals surface area contributed by atoms with Crippen LogP contribution in [0.4, 0.5) is 13.2 Å². The van der Waals surface area contributed by atoms with Crippen molar-refractivity contribution in [3.05, 3.63) is 259 Å². The maximum atomic E-state index is 13.5. The molecule has 0 unspecified atom stereocenters. The topological polar surface area (TPSA) is 305 Å². The molecule has 0 spiro atoms. The van der Waals surface area contributed by atoms with Gasteiger partial charge in [-0.15, -0.1) is 22.7 Å². The molecule has 0 atom stereocenters. The van der Waals surface area contributed by atoms with Crippen LogP contribution in [-0.2, 0) is 19.3 Å². The van der Waals surface area contributed by atoms with Crippen LogP contribution in [0.3, 0.4) is 0 Å². The molecule has 14 rings (SSSR count). The van der Waals surface area contributed by atoms with E-state index >= 15 is 0 Å². The number of nitrogens with two attached hydrogens (primary N) is 1. The van der Waals surface area contributed by atoms with Gasteiger partial charge in [-0.05, 0) is 164 Å². The fourth-order valence-corrected chi connectivity index (χ4v) is 11.8. The van der Waals surface area contributed by atoms with Crippen molar-refractivity contribution in [3.8, 4) is 44.3 Å². The molecule has 0 saturated carbocycles. The second-order valence-corrected chi connectivity index (χ2v) is 25.4. The number of imidazole rings is 3. The molecular formula is C68H52BCl5F3N15O5S2. The van der Waals surface area contributed by atoms with Crippen LogP contribution in [0, 0.1) is 17.5 Å². The predicted molar refractivity (Wildman–Crippen MR) is 383 cm³/mol. The Hall–Kier alpha value is -9.84. The number of nitrogens with one attached hydrogen (secondary N) is 5. The lowest BCUT2D eigenvalue weighted by Crippen LogP contribution is -2.26. The number of hydrogen-bond donors (Lipinski definition) is 8. The first kappa shape index (κ1) is 71.9. The average molecular weight is 1470 g/mol. The Bertz CT molecular complexity index is 5050. The van der Waals surface area contributed by atoms with Crippen molar-refractivity contribution < 1.29 is 37.6 Å². The van der Waals surface area contributed by atoms with Gasteiger partial charge in [0.25, 0.3) is 17.1 Å². The zero-order valence-corrected chi connectivity index (χ0v) is 56.7. The van der Waals surface area contributed by atoms with E-state index in [0.29, 0.717) is 130 Å². The van der Waals surface area contributed by atoms with Crippen molar-refractivity contribution >= 4 is 143 Å². The summed E-state index contributed by atoms with van der Waals surface area (Å²) in [5.41, 5.74) is 14.1. The van der Waals surface area contributed by atoms with E-state index in [2.05, 4.69) is 60.5 Å². The number of carbonyl (C=O) groups is 3. The lowest BCUT2D eigenvalue weighted by molar-refractivity contribution is 0.0946. The standard InChI is InChI=1S/C24H17ClFN5OS.C20H15ClFN5O.C15H7Cl2FN2O.C5H9N3.C4H4BClO2S/c25-20-8-7-19(33-20)23-22(14-1-4-16(26)5-2-14)30-17-6-3-15(13-18(17)31-23)24(32)29-10-9-21-27-11-12-28-21;21-19-18(12-1-4-14(22)5-2-12)26-15-6-3-13(11-16(15)27-19)20(28)25-8-7-17-23-9-10-24-17;16-14-13(8-1-4-10(18)5-2-8)19-11-6-3-9(15(17)21)7-12(11)20-14;6-2-1-5-7-3-4-8-5;6-4-2-1-3(9-4)5(7)8/h1-8,11-13H,9-10H2,(H,27,28)(H,29,32);1-6,9-11H,7-8H2,(H,23,24)(H,25,28);1-7H;3-4H,1-2,6H2,(H,7,8);1-2,7-8H. The van der Waals surface area contributed by atoms with E-state index in [1.165, 1.54) is 53.8 Å². The van der Waals surface area contributed by atoms with Gasteiger partial charge in [-0.1, -0.05) is 52.5 Å². The number of thiophene rings is 2. The molecule has 9 N–H and O–H groups in total. The number of hydrogen-bond acceptors (Lipinski definition) is 17. The molecule has 0 aliphatic heterocycles. The van der Waals surface area contributed by atoms with E-state index < -0.39 is 12.4 Å². The molecular weight excluding hydrogens is 1420 g/mol. The van der Waals surface area contributed by atoms with E-state index in [1.807, 2.05) is 6.07 Å². The highest BCUT2D eigenvalue weighted by molar-refractivity contribution is 7.25. The van der Waals surface area contributed by atoms with Gasteiger partial charge in [-0.25, -0.2) is 58.0 Å². The van der Waals surface area contributed by atoms with Gasteiger partial charge < -0.3 is 41.4 Å². The van der Waals surface area contributed by atoms with E-state index in [9.17, 15) is 27.6 Å². The van der Waals surface area contributed by atoms with Gasteiger partial charge in [0.15, 0.2) is 10.3 Å². The fourth-order valence-electron chi connectivity index (χ4n) is 9.23. The van der Waals surface area contributed by atoms with Crippen LogP contribution in [0.2, 0.25) is 19.0 Å². The van der Waals surface area contributed by atoms with Gasteiger partial charge in [0.2, 0.25) is 0 Å². The monoisotopic (exact) mass is 1470 g/mol. The molecule has 0 aliphatic rings. The van der Waals surface area contributed by atoms with Gasteiger partial charge in [-0.2, -0.15) is 0 Å². The molecule has 8 aromatic heterocycles. The summed E-state index contributed by atoms with van der Waals surface area (Å²) in [6.45, 7) is 1.58. The van der Waals surface area contributed by atoms with Crippen molar-refractivity contribution in [2.45, 2.75) is 19.3 Å². The maximum Gasteiger partial charge on any atom is 0.499 e. The Balaban J connectivity index is 0.000000145. The zero-order valence-electron chi connectivity index (χ0n) is 51.3. The number of amides is 2. The summed E-state index contributed by atoms with van der Waals surface area (Å²) in [5.74, 6) is 1.17. The predicted octanol–water partition coefficient (Wildman–Crippen LogP) is 13.8. The fraction of sp³-hybridized carbons (Fsp3) is 0.0882. The summed E-state index contributed by atoms with van der Waals surface area (Å²) >= 11 is 32.0. The highest BCUT2D eigenvalue weighted by atomic mass is 35.5. The van der Waals surface area contributed by atoms with E-state index in [1.54, 1.807) is 140 Å². The van der Waals surface area contributed by atoms with Crippen molar-refractivity contribution in [2.75, 3.05) is 19.6 Å². The third-order valence-electron chi connectivity index (χ3n) is 14.0. The smallest absolute Gasteiger partial charge is 0.423 e. The lowest BCUT2D eigenvalue weighted by Gasteiger charge is -2.10. The van der Waals surface area contributed by atoms with E-state index in [0.717, 1.165) is 45.7 Å². The minimum atomic E-state index is -1.39. The molecule has 14 aromatic rings. The SMILES string of the molecule is NCCc1ncc[nH]1.O=C(Cl)c1ccc2nc(-c3ccc(F)cc3)c(Cl)nc2c1.O=C(NCCc1ncc[nH]1)c1ccc2nc(-c3ccc(F)cc3)c(-c3ccc(Cl)s3)nc2c1.O=C(NCCc1ncc[nH]1)c1ccc2nc(-c3ccc(F)cc3)c(Cl)nc2c1.OB(O)c1ccc(Cl)s1. The average Bonchev–Trinajstić information content (AvgIpc) is 1.70. The number of aromatic amines is 3. The highest BCUT2D eigenvalue weighted by Crippen LogP contribution is 2.37. The minimum Gasteiger partial charge on any atom is -0.423 e. The number of carbonyl (C=O) groups excluding carboxylic acids is 3. The molecule has 2 amide bonds. The van der Waals surface area contributed by atoms with Crippen LogP contribution in [0.15, 0.2) is 189 Å². The number of nitrogens with zero attached hydrogens (tertiary/aromatic N) is 9. The maximum absolute atomic E-state index is 13.5. The number of aromatic nitrogens is 12. The number of halogens is 8. The Morgan fingerprint density at radius 2 is 0.838 bits per heavy atom.